The van der Waals surface area contributed by atoms with Crippen molar-refractivity contribution in [3.63, 3.8) is 0 Å². The van der Waals surface area contributed by atoms with Crippen LogP contribution >= 0.6 is 0 Å². The minimum absolute atomic E-state index is 0.161. The zero-order valence-corrected chi connectivity index (χ0v) is 19.3. The monoisotopic (exact) mass is 474 g/mol. The third-order valence-electron chi connectivity index (χ3n) is 5.85. The van der Waals surface area contributed by atoms with Crippen LogP contribution < -0.4 is 4.72 Å². The molecule has 32 heavy (non-hydrogen) atoms. The van der Waals surface area contributed by atoms with Gasteiger partial charge in [-0.25, -0.2) is 13.1 Å². The number of nitrogens with one attached hydrogen (secondary N) is 1. The predicted octanol–water partition coefficient (Wildman–Crippen LogP) is 3.89. The summed E-state index contributed by atoms with van der Waals surface area (Å²) in [7, 11) is -3.83. The lowest BCUT2D eigenvalue weighted by Gasteiger charge is -2.25. The highest BCUT2D eigenvalue weighted by molar-refractivity contribution is 7.89. The predicted molar refractivity (Wildman–Crippen MR) is 118 cm³/mol. The Kier molecular flexibility index (Phi) is 10.5. The Hall–Kier alpha value is -1.60. The molecular weight excluding hydrogens is 441 g/mol. The first kappa shape index (κ1) is 26.7. The number of halogens is 3. The summed E-state index contributed by atoms with van der Waals surface area (Å²) in [5.74, 6) is 7.12. The first-order chi connectivity index (χ1) is 15.2. The first-order valence-electron chi connectivity index (χ1n) is 11.1. The van der Waals surface area contributed by atoms with Crippen molar-refractivity contribution >= 4 is 10.0 Å². The number of nitrogens with zero attached hydrogens (tertiary/aromatic N) is 1. The molecule has 2 rings (SSSR count). The van der Waals surface area contributed by atoms with Crippen LogP contribution in [0, 0.1) is 23.7 Å². The second kappa shape index (κ2) is 12.6. The number of hydrogen-bond acceptors (Lipinski definition) is 4. The van der Waals surface area contributed by atoms with Crippen molar-refractivity contribution in [2.45, 2.75) is 56.5 Å². The zero-order chi connectivity index (χ0) is 23.6. The van der Waals surface area contributed by atoms with Crippen LogP contribution in [0.2, 0.25) is 0 Å². The summed E-state index contributed by atoms with van der Waals surface area (Å²) in [6, 6.07) is 3.54. The molecule has 1 aliphatic carbocycles. The van der Waals surface area contributed by atoms with Crippen LogP contribution in [0.5, 0.6) is 0 Å². The third kappa shape index (κ3) is 8.74. The van der Waals surface area contributed by atoms with Gasteiger partial charge in [-0.3, -0.25) is 0 Å². The lowest BCUT2D eigenvalue weighted by molar-refractivity contribution is -0.137. The second-order valence-corrected chi connectivity index (χ2v) is 9.94. The fourth-order valence-corrected chi connectivity index (χ4v) is 4.94. The minimum Gasteiger partial charge on any atom is -0.395 e. The summed E-state index contributed by atoms with van der Waals surface area (Å²) < 4.78 is 65.2. The topological polar surface area (TPSA) is 69.6 Å². The van der Waals surface area contributed by atoms with Gasteiger partial charge in [0.05, 0.1) is 17.1 Å². The van der Waals surface area contributed by atoms with E-state index in [1.807, 2.05) is 0 Å². The van der Waals surface area contributed by atoms with Gasteiger partial charge < -0.3 is 10.0 Å². The van der Waals surface area contributed by atoms with Crippen molar-refractivity contribution in [3.05, 3.63) is 29.8 Å². The van der Waals surface area contributed by atoms with E-state index in [1.165, 1.54) is 0 Å². The van der Waals surface area contributed by atoms with Crippen LogP contribution in [0.15, 0.2) is 29.2 Å². The maximum Gasteiger partial charge on any atom is 0.416 e. The Bertz CT molecular complexity index is 853. The van der Waals surface area contributed by atoms with E-state index in [-0.39, 0.29) is 24.0 Å². The highest BCUT2D eigenvalue weighted by atomic mass is 32.2. The molecule has 0 spiro atoms. The van der Waals surface area contributed by atoms with E-state index in [1.54, 1.807) is 0 Å². The number of hydrogen-bond donors (Lipinski definition) is 2. The van der Waals surface area contributed by atoms with E-state index in [0.717, 1.165) is 75.9 Å². The number of benzene rings is 1. The van der Waals surface area contributed by atoms with Gasteiger partial charge in [0.2, 0.25) is 10.0 Å². The maximum atomic E-state index is 12.6. The molecular formula is C23H33F3N2O3S. The minimum atomic E-state index is -4.49. The fraction of sp³-hybridized carbons (Fsp3) is 0.652. The third-order valence-corrected chi connectivity index (χ3v) is 7.29. The zero-order valence-electron chi connectivity index (χ0n) is 18.5. The Morgan fingerprint density at radius 2 is 1.78 bits per heavy atom. The van der Waals surface area contributed by atoms with Crippen molar-refractivity contribution in [2.24, 2.45) is 11.8 Å². The van der Waals surface area contributed by atoms with Crippen LogP contribution in [0.25, 0.3) is 0 Å². The van der Waals surface area contributed by atoms with Gasteiger partial charge in [-0.05, 0) is 75.4 Å². The molecule has 1 aromatic rings. The molecule has 0 unspecified atom stereocenters. The molecule has 1 fully saturated rings. The summed E-state index contributed by atoms with van der Waals surface area (Å²) in [6.07, 6.45) is 0.893. The van der Waals surface area contributed by atoms with Gasteiger partial charge in [-0.2, -0.15) is 13.2 Å². The lowest BCUT2D eigenvalue weighted by Crippen LogP contribution is -2.31. The Morgan fingerprint density at radius 1 is 1.12 bits per heavy atom. The molecule has 9 heteroatoms. The number of unbranched alkanes of at least 4 members (excludes halogenated alkanes) is 1. The second-order valence-electron chi connectivity index (χ2n) is 8.17. The van der Waals surface area contributed by atoms with Crippen molar-refractivity contribution in [3.8, 4) is 11.8 Å². The number of rotatable bonds is 10. The van der Waals surface area contributed by atoms with Crippen molar-refractivity contribution in [2.75, 3.05) is 32.8 Å². The molecule has 0 atom stereocenters. The number of aliphatic hydroxyl groups excluding tert-OH is 1. The van der Waals surface area contributed by atoms with Crippen LogP contribution in [0.1, 0.15) is 51.0 Å². The summed E-state index contributed by atoms with van der Waals surface area (Å²) in [4.78, 5) is 2.03. The molecule has 180 valence electrons. The molecule has 1 aromatic carbocycles. The number of likely N-dealkylation sites (N-methyl/N-ethyl adjacent to an activating group) is 1. The van der Waals surface area contributed by atoms with Crippen molar-refractivity contribution in [1.29, 1.82) is 0 Å². The number of alkyl halides is 3. The molecule has 0 radical (unpaired) electrons. The molecule has 0 bridgehead atoms. The van der Waals surface area contributed by atoms with Gasteiger partial charge in [0.25, 0.3) is 0 Å². The quantitative estimate of drug-likeness (QED) is 0.399. The van der Waals surface area contributed by atoms with E-state index < -0.39 is 21.8 Å². The molecule has 0 aliphatic heterocycles. The van der Waals surface area contributed by atoms with Crippen molar-refractivity contribution < 1.29 is 26.7 Å². The standard InChI is InChI=1S/C23H33F3N2O3S/c1-2-28(16-17-29)15-5-3-4-6-19-7-9-20(10-8-19)18-27-32(30,31)22-13-11-21(12-14-22)23(24,25)26/h11-14,19-20,27,29H,2-3,5,7-10,15-18H2,1H3. The maximum absolute atomic E-state index is 12.6. The highest BCUT2D eigenvalue weighted by Crippen LogP contribution is 2.30. The van der Waals surface area contributed by atoms with Crippen LogP contribution in [0.4, 0.5) is 13.2 Å². The Balaban J connectivity index is 1.72. The normalized spacial score (nSPS) is 19.6. The van der Waals surface area contributed by atoms with Crippen LogP contribution in [-0.4, -0.2) is 51.2 Å². The van der Waals surface area contributed by atoms with Crippen LogP contribution in [-0.2, 0) is 16.2 Å². The molecule has 0 aromatic heterocycles. The molecule has 0 heterocycles. The first-order valence-corrected chi connectivity index (χ1v) is 12.6. The number of aliphatic hydroxyl groups is 1. The molecule has 5 nitrogen and oxygen atoms in total. The molecule has 0 saturated heterocycles. The SMILES string of the molecule is CCN(CCO)CCCC#CC1CCC(CNS(=O)(=O)c2ccc(C(F)(F)F)cc2)CC1. The largest absolute Gasteiger partial charge is 0.416 e. The van der Waals surface area contributed by atoms with Crippen LogP contribution in [0.3, 0.4) is 0 Å². The van der Waals surface area contributed by atoms with Gasteiger partial charge in [-0.1, -0.05) is 12.8 Å². The molecule has 2 N–H and O–H groups in total. The van der Waals surface area contributed by atoms with E-state index >= 15 is 0 Å². The average molecular weight is 475 g/mol. The van der Waals surface area contributed by atoms with E-state index in [2.05, 4.69) is 28.4 Å². The summed E-state index contributed by atoms with van der Waals surface area (Å²) in [6.45, 7) is 5.06. The van der Waals surface area contributed by atoms with Crippen molar-refractivity contribution in [1.82, 2.24) is 9.62 Å². The Morgan fingerprint density at radius 3 is 2.34 bits per heavy atom. The fourth-order valence-electron chi connectivity index (χ4n) is 3.82. The summed E-state index contributed by atoms with van der Waals surface area (Å²) >= 11 is 0. The highest BCUT2D eigenvalue weighted by Gasteiger charge is 2.30. The molecule has 1 aliphatic rings. The van der Waals surface area contributed by atoms with Gasteiger partial charge >= 0.3 is 6.18 Å². The lowest BCUT2D eigenvalue weighted by atomic mass is 9.82. The smallest absolute Gasteiger partial charge is 0.395 e. The van der Waals surface area contributed by atoms with E-state index in [9.17, 15) is 21.6 Å². The molecule has 0 amide bonds. The number of sulfonamides is 1. The molecule has 1 saturated carbocycles. The van der Waals surface area contributed by atoms with E-state index in [0.29, 0.717) is 12.5 Å². The average Bonchev–Trinajstić information content (AvgIpc) is 2.77. The summed E-state index contributed by atoms with van der Waals surface area (Å²) in [5.41, 5.74) is -0.872. The van der Waals surface area contributed by atoms with Gasteiger partial charge in [0.1, 0.15) is 0 Å². The van der Waals surface area contributed by atoms with Gasteiger partial charge in [-0.15, -0.1) is 5.92 Å². The Labute approximate surface area is 189 Å². The van der Waals surface area contributed by atoms with Gasteiger partial charge in [0, 0.05) is 25.4 Å². The van der Waals surface area contributed by atoms with Gasteiger partial charge in [0.15, 0.2) is 0 Å². The summed E-state index contributed by atoms with van der Waals surface area (Å²) in [5, 5.41) is 8.99. The van der Waals surface area contributed by atoms with E-state index in [4.69, 9.17) is 5.11 Å².